The second kappa shape index (κ2) is 4.82. The van der Waals surface area contributed by atoms with Gasteiger partial charge in [-0.25, -0.2) is 4.99 Å². The monoisotopic (exact) mass is 192 g/mol. The quantitative estimate of drug-likeness (QED) is 0.383. The third kappa shape index (κ3) is 3.03. The first-order valence-electron chi connectivity index (χ1n) is 4.06. The topological polar surface area (TPSA) is 36.2 Å². The molecule has 68 valence electrons. The summed E-state index contributed by atoms with van der Waals surface area (Å²) < 4.78 is 0. The van der Waals surface area contributed by atoms with Crippen molar-refractivity contribution in [3.63, 3.8) is 0 Å². The van der Waals surface area contributed by atoms with Crippen LogP contribution in [0.5, 0.6) is 0 Å². The Balaban J connectivity index is 2.95. The molecule has 0 aliphatic heterocycles. The van der Waals surface area contributed by atoms with Crippen molar-refractivity contribution in [3.05, 3.63) is 36.0 Å². The zero-order valence-corrected chi connectivity index (χ0v) is 8.33. The van der Waals surface area contributed by atoms with E-state index in [0.717, 1.165) is 17.6 Å². The lowest BCUT2D eigenvalue weighted by Gasteiger charge is -2.06. The minimum absolute atomic E-state index is 0.196. The predicted octanol–water partition coefficient (Wildman–Crippen LogP) is 2.41. The van der Waals surface area contributed by atoms with Gasteiger partial charge in [-0.3, -0.25) is 5.41 Å². The van der Waals surface area contributed by atoms with Crippen LogP contribution in [0.25, 0.3) is 0 Å². The third-order valence-electron chi connectivity index (χ3n) is 1.56. The zero-order chi connectivity index (χ0) is 9.68. The van der Waals surface area contributed by atoms with Gasteiger partial charge in [-0.1, -0.05) is 24.3 Å². The summed E-state index contributed by atoms with van der Waals surface area (Å²) in [5.74, 6) is 0. The summed E-state index contributed by atoms with van der Waals surface area (Å²) in [7, 11) is 0. The number of thiol groups is 1. The Morgan fingerprint density at radius 1 is 1.46 bits per heavy atom. The highest BCUT2D eigenvalue weighted by molar-refractivity contribution is 7.81. The van der Waals surface area contributed by atoms with Gasteiger partial charge >= 0.3 is 0 Å². The van der Waals surface area contributed by atoms with Crippen LogP contribution >= 0.6 is 12.6 Å². The van der Waals surface area contributed by atoms with E-state index in [1.807, 2.05) is 37.3 Å². The van der Waals surface area contributed by atoms with E-state index in [9.17, 15) is 0 Å². The number of nitrogens with zero attached hydrogens (tertiary/aromatic N) is 1. The van der Waals surface area contributed by atoms with Crippen LogP contribution in [-0.2, 0) is 0 Å². The van der Waals surface area contributed by atoms with E-state index in [2.05, 4.69) is 17.6 Å². The Kier molecular flexibility index (Phi) is 3.71. The lowest BCUT2D eigenvalue weighted by atomic mass is 10.0. The number of allylic oxidation sites excluding steroid dienone is 5. The van der Waals surface area contributed by atoms with Crippen molar-refractivity contribution < 1.29 is 0 Å². The van der Waals surface area contributed by atoms with Gasteiger partial charge in [-0.05, 0) is 18.6 Å². The van der Waals surface area contributed by atoms with E-state index in [-0.39, 0.29) is 5.25 Å². The highest BCUT2D eigenvalue weighted by Crippen LogP contribution is 2.11. The Morgan fingerprint density at radius 3 is 2.77 bits per heavy atom. The number of nitrogens with one attached hydrogen (secondary N) is 1. The standard InChI is InChI=1S/C10H12N2S/c1-8(13)6-9-4-2-3-5-10(9)12-7-11/h2-8,11,13H,1H3/b9-6-,11-7?,12-10?. The molecule has 0 amide bonds. The maximum atomic E-state index is 6.89. The first-order valence-corrected chi connectivity index (χ1v) is 4.57. The molecule has 0 aromatic heterocycles. The molecule has 0 saturated heterocycles. The SMILES string of the molecule is CC(S)/C=C1/C=CC=CC1=NC=N. The van der Waals surface area contributed by atoms with Gasteiger partial charge in [0.25, 0.3) is 0 Å². The smallest absolute Gasteiger partial charge is 0.107 e. The Hall–Kier alpha value is -1.09. The number of hydrogen-bond donors (Lipinski definition) is 2. The van der Waals surface area contributed by atoms with Crippen LogP contribution in [0.4, 0.5) is 0 Å². The van der Waals surface area contributed by atoms with Crippen LogP contribution < -0.4 is 0 Å². The molecule has 0 bridgehead atoms. The van der Waals surface area contributed by atoms with Crippen LogP contribution in [0.1, 0.15) is 6.92 Å². The maximum absolute atomic E-state index is 6.89. The average Bonchev–Trinajstić information content (AvgIpc) is 2.08. The lowest BCUT2D eigenvalue weighted by molar-refractivity contribution is 1.25. The fraction of sp³-hybridized carbons (Fsp3) is 0.200. The summed E-state index contributed by atoms with van der Waals surface area (Å²) in [6.07, 6.45) is 10.8. The number of aliphatic imine (C=N–C) groups is 1. The van der Waals surface area contributed by atoms with Gasteiger partial charge in [0.2, 0.25) is 0 Å². The minimum atomic E-state index is 0.196. The summed E-state index contributed by atoms with van der Waals surface area (Å²) in [5, 5.41) is 7.09. The average molecular weight is 192 g/mol. The van der Waals surface area contributed by atoms with Gasteiger partial charge in [0.1, 0.15) is 6.34 Å². The predicted molar refractivity (Wildman–Crippen MR) is 61.0 cm³/mol. The first-order chi connectivity index (χ1) is 6.24. The van der Waals surface area contributed by atoms with Gasteiger partial charge in [0.05, 0.1) is 5.71 Å². The van der Waals surface area contributed by atoms with Crippen LogP contribution in [0.3, 0.4) is 0 Å². The van der Waals surface area contributed by atoms with E-state index in [1.165, 1.54) is 0 Å². The molecule has 0 radical (unpaired) electrons. The number of hydrogen-bond acceptors (Lipinski definition) is 2. The van der Waals surface area contributed by atoms with Crippen LogP contribution in [0, 0.1) is 5.41 Å². The summed E-state index contributed by atoms with van der Waals surface area (Å²) in [4.78, 5) is 3.94. The van der Waals surface area contributed by atoms with Crippen molar-refractivity contribution in [2.75, 3.05) is 0 Å². The van der Waals surface area contributed by atoms with E-state index in [0.29, 0.717) is 0 Å². The van der Waals surface area contributed by atoms with Crippen molar-refractivity contribution >= 4 is 24.7 Å². The summed E-state index contributed by atoms with van der Waals surface area (Å²) >= 11 is 4.27. The summed E-state index contributed by atoms with van der Waals surface area (Å²) in [6, 6.07) is 0. The van der Waals surface area contributed by atoms with Crippen molar-refractivity contribution in [2.45, 2.75) is 12.2 Å². The molecule has 1 aliphatic rings. The fourth-order valence-electron chi connectivity index (χ4n) is 1.08. The maximum Gasteiger partial charge on any atom is 0.107 e. The Labute approximate surface area is 83.7 Å². The van der Waals surface area contributed by atoms with Crippen molar-refractivity contribution in [1.82, 2.24) is 0 Å². The fourth-order valence-corrected chi connectivity index (χ4v) is 1.24. The largest absolute Gasteiger partial charge is 0.290 e. The van der Waals surface area contributed by atoms with Gasteiger partial charge in [-0.15, -0.1) is 0 Å². The highest BCUT2D eigenvalue weighted by Gasteiger charge is 2.03. The van der Waals surface area contributed by atoms with Gasteiger partial charge in [-0.2, -0.15) is 12.6 Å². The minimum Gasteiger partial charge on any atom is -0.290 e. The second-order valence-electron chi connectivity index (χ2n) is 2.72. The molecule has 0 aromatic rings. The molecule has 1 atom stereocenters. The van der Waals surface area contributed by atoms with Crippen LogP contribution in [0.15, 0.2) is 40.9 Å². The highest BCUT2D eigenvalue weighted by atomic mass is 32.1. The number of rotatable bonds is 2. The van der Waals surface area contributed by atoms with Gasteiger partial charge in [0, 0.05) is 5.25 Å². The van der Waals surface area contributed by atoms with Crippen LogP contribution in [-0.4, -0.2) is 17.3 Å². The lowest BCUT2D eigenvalue weighted by Crippen LogP contribution is -2.02. The summed E-state index contributed by atoms with van der Waals surface area (Å²) in [5.41, 5.74) is 1.84. The first kappa shape index (κ1) is 9.99. The van der Waals surface area contributed by atoms with E-state index < -0.39 is 0 Å². The van der Waals surface area contributed by atoms with Crippen LogP contribution in [0.2, 0.25) is 0 Å². The normalized spacial score (nSPS) is 23.8. The third-order valence-corrected chi connectivity index (χ3v) is 1.71. The second-order valence-corrected chi connectivity index (χ2v) is 3.54. The molecule has 0 heterocycles. The Morgan fingerprint density at radius 2 is 2.15 bits per heavy atom. The molecule has 13 heavy (non-hydrogen) atoms. The molecule has 2 nitrogen and oxygen atoms in total. The Bertz CT molecular complexity index is 309. The summed E-state index contributed by atoms with van der Waals surface area (Å²) in [6.45, 7) is 1.99. The van der Waals surface area contributed by atoms with Crippen molar-refractivity contribution in [2.24, 2.45) is 4.99 Å². The van der Waals surface area contributed by atoms with Gasteiger partial charge in [0.15, 0.2) is 0 Å². The van der Waals surface area contributed by atoms with Crippen molar-refractivity contribution in [3.8, 4) is 0 Å². The molecule has 0 fully saturated rings. The molecule has 1 N–H and O–H groups in total. The molecule has 1 rings (SSSR count). The van der Waals surface area contributed by atoms with E-state index >= 15 is 0 Å². The molecular formula is C10H12N2S. The molecular weight excluding hydrogens is 180 g/mol. The van der Waals surface area contributed by atoms with Gasteiger partial charge < -0.3 is 0 Å². The zero-order valence-electron chi connectivity index (χ0n) is 7.44. The molecule has 1 aliphatic carbocycles. The molecule has 0 aromatic carbocycles. The van der Waals surface area contributed by atoms with Crippen molar-refractivity contribution in [1.29, 1.82) is 5.41 Å². The van der Waals surface area contributed by atoms with E-state index in [1.54, 1.807) is 0 Å². The molecule has 3 heteroatoms. The molecule has 0 spiro atoms. The molecule has 1 unspecified atom stereocenters. The van der Waals surface area contributed by atoms with E-state index in [4.69, 9.17) is 5.41 Å². The molecule has 0 saturated carbocycles.